The van der Waals surface area contributed by atoms with Crippen LogP contribution in [0.15, 0.2) is 0 Å². The van der Waals surface area contributed by atoms with Crippen LogP contribution in [0.4, 0.5) is 0 Å². The summed E-state index contributed by atoms with van der Waals surface area (Å²) in [5.74, 6) is 0. The van der Waals surface area contributed by atoms with Crippen molar-refractivity contribution >= 4 is 0 Å². The number of aryl methyl sites for hydroxylation is 2. The second-order valence-corrected chi connectivity index (χ2v) is 4.49. The van der Waals surface area contributed by atoms with Crippen LogP contribution in [0.5, 0.6) is 0 Å². The first-order chi connectivity index (χ1) is 7.72. The third-order valence-electron chi connectivity index (χ3n) is 3.42. The lowest BCUT2D eigenvalue weighted by molar-refractivity contribution is 0.232. The monoisotopic (exact) mass is 222 g/mol. The van der Waals surface area contributed by atoms with Gasteiger partial charge in [0.25, 0.3) is 0 Å². The van der Waals surface area contributed by atoms with E-state index in [0.717, 1.165) is 39.3 Å². The molecule has 4 heteroatoms. The van der Waals surface area contributed by atoms with Gasteiger partial charge < -0.3 is 5.32 Å². The minimum absolute atomic E-state index is 0.966. The Labute approximate surface area is 97.6 Å². The van der Waals surface area contributed by atoms with Crippen molar-refractivity contribution in [1.82, 2.24) is 20.0 Å². The Morgan fingerprint density at radius 1 is 1.25 bits per heavy atom. The largest absolute Gasteiger partial charge is 0.314 e. The summed E-state index contributed by atoms with van der Waals surface area (Å²) in [4.78, 5) is 2.51. The first kappa shape index (κ1) is 11.6. The maximum absolute atomic E-state index is 4.57. The van der Waals surface area contributed by atoms with Crippen molar-refractivity contribution < 1.29 is 0 Å². The second kappa shape index (κ2) is 4.97. The van der Waals surface area contributed by atoms with Gasteiger partial charge in [-0.1, -0.05) is 0 Å². The molecule has 0 aromatic carbocycles. The molecule has 1 fully saturated rings. The highest BCUT2D eigenvalue weighted by molar-refractivity contribution is 5.24. The summed E-state index contributed by atoms with van der Waals surface area (Å²) in [5, 5.41) is 7.95. The summed E-state index contributed by atoms with van der Waals surface area (Å²) in [7, 11) is 0. The van der Waals surface area contributed by atoms with Crippen molar-refractivity contribution in [3.05, 3.63) is 17.0 Å². The van der Waals surface area contributed by atoms with E-state index in [9.17, 15) is 0 Å². The third-order valence-corrected chi connectivity index (χ3v) is 3.42. The van der Waals surface area contributed by atoms with Crippen LogP contribution in [0.1, 0.15) is 23.9 Å². The number of rotatable bonds is 3. The molecule has 16 heavy (non-hydrogen) atoms. The Morgan fingerprint density at radius 3 is 2.50 bits per heavy atom. The average Bonchev–Trinajstić information content (AvgIpc) is 2.58. The summed E-state index contributed by atoms with van der Waals surface area (Å²) < 4.78 is 2.10. The van der Waals surface area contributed by atoms with Crippen molar-refractivity contribution in [2.24, 2.45) is 0 Å². The Hall–Kier alpha value is -0.870. The summed E-state index contributed by atoms with van der Waals surface area (Å²) in [6.45, 7) is 13.0. The molecule has 4 nitrogen and oxygen atoms in total. The summed E-state index contributed by atoms with van der Waals surface area (Å²) in [6.07, 6.45) is 0. The quantitative estimate of drug-likeness (QED) is 0.826. The number of nitrogens with zero attached hydrogens (tertiary/aromatic N) is 3. The molecule has 1 aliphatic heterocycles. The molecule has 0 saturated carbocycles. The third kappa shape index (κ3) is 2.28. The van der Waals surface area contributed by atoms with Crippen LogP contribution in [-0.4, -0.2) is 40.9 Å². The molecular formula is C12H22N4. The Bertz CT molecular complexity index is 350. The van der Waals surface area contributed by atoms with E-state index in [2.05, 4.69) is 40.8 Å². The van der Waals surface area contributed by atoms with Gasteiger partial charge >= 0.3 is 0 Å². The summed E-state index contributed by atoms with van der Waals surface area (Å²) in [5.41, 5.74) is 3.94. The van der Waals surface area contributed by atoms with Crippen LogP contribution in [-0.2, 0) is 13.1 Å². The van der Waals surface area contributed by atoms with E-state index in [-0.39, 0.29) is 0 Å². The van der Waals surface area contributed by atoms with Gasteiger partial charge in [0, 0.05) is 50.5 Å². The van der Waals surface area contributed by atoms with Gasteiger partial charge in [0.15, 0.2) is 0 Å². The van der Waals surface area contributed by atoms with Gasteiger partial charge in [-0.05, 0) is 20.8 Å². The van der Waals surface area contributed by atoms with Crippen LogP contribution in [0.3, 0.4) is 0 Å². The van der Waals surface area contributed by atoms with Crippen molar-refractivity contribution in [2.45, 2.75) is 33.9 Å². The molecule has 1 N–H and O–H groups in total. The zero-order valence-electron chi connectivity index (χ0n) is 10.6. The minimum Gasteiger partial charge on any atom is -0.314 e. The zero-order valence-corrected chi connectivity index (χ0v) is 10.6. The molecule has 1 saturated heterocycles. The second-order valence-electron chi connectivity index (χ2n) is 4.49. The molecule has 0 bridgehead atoms. The number of hydrogen-bond acceptors (Lipinski definition) is 3. The van der Waals surface area contributed by atoms with Crippen molar-refractivity contribution in [1.29, 1.82) is 0 Å². The van der Waals surface area contributed by atoms with E-state index in [4.69, 9.17) is 0 Å². The van der Waals surface area contributed by atoms with Gasteiger partial charge in [-0.2, -0.15) is 5.10 Å². The molecular weight excluding hydrogens is 200 g/mol. The predicted molar refractivity (Wildman–Crippen MR) is 65.5 cm³/mol. The first-order valence-electron chi connectivity index (χ1n) is 6.18. The van der Waals surface area contributed by atoms with Crippen molar-refractivity contribution in [3.8, 4) is 0 Å². The molecule has 0 aliphatic carbocycles. The lowest BCUT2D eigenvalue weighted by atomic mass is 10.1. The molecule has 1 aromatic rings. The van der Waals surface area contributed by atoms with Gasteiger partial charge in [-0.3, -0.25) is 9.58 Å². The molecule has 0 amide bonds. The number of aromatic nitrogens is 2. The highest BCUT2D eigenvalue weighted by Gasteiger charge is 2.15. The van der Waals surface area contributed by atoms with E-state index in [1.165, 1.54) is 17.0 Å². The van der Waals surface area contributed by atoms with Gasteiger partial charge in [0.05, 0.1) is 5.69 Å². The molecule has 1 aliphatic rings. The maximum atomic E-state index is 4.57. The SMILES string of the molecule is CCn1nc(C)c(CN2CCNCC2)c1C. The van der Waals surface area contributed by atoms with Crippen molar-refractivity contribution in [2.75, 3.05) is 26.2 Å². The van der Waals surface area contributed by atoms with Crippen LogP contribution >= 0.6 is 0 Å². The molecule has 2 heterocycles. The van der Waals surface area contributed by atoms with E-state index < -0.39 is 0 Å². The number of piperazine rings is 1. The zero-order chi connectivity index (χ0) is 11.5. The highest BCUT2D eigenvalue weighted by Crippen LogP contribution is 2.15. The minimum atomic E-state index is 0.966. The highest BCUT2D eigenvalue weighted by atomic mass is 15.3. The molecule has 90 valence electrons. The molecule has 0 atom stereocenters. The lowest BCUT2D eigenvalue weighted by Crippen LogP contribution is -2.43. The van der Waals surface area contributed by atoms with Gasteiger partial charge in [-0.25, -0.2) is 0 Å². The van der Waals surface area contributed by atoms with Gasteiger partial charge in [0.2, 0.25) is 0 Å². The van der Waals surface area contributed by atoms with E-state index in [1.807, 2.05) is 0 Å². The van der Waals surface area contributed by atoms with E-state index >= 15 is 0 Å². The van der Waals surface area contributed by atoms with Crippen LogP contribution < -0.4 is 5.32 Å². The molecule has 2 rings (SSSR count). The standard InChI is InChI=1S/C12H22N4/c1-4-16-11(3)12(10(2)14-16)9-15-7-5-13-6-8-15/h13H,4-9H2,1-3H3. The van der Waals surface area contributed by atoms with Gasteiger partial charge in [-0.15, -0.1) is 0 Å². The van der Waals surface area contributed by atoms with Crippen LogP contribution in [0, 0.1) is 13.8 Å². The van der Waals surface area contributed by atoms with E-state index in [1.54, 1.807) is 0 Å². The Balaban J connectivity index is 2.10. The first-order valence-corrected chi connectivity index (χ1v) is 6.18. The molecule has 0 radical (unpaired) electrons. The Morgan fingerprint density at radius 2 is 1.94 bits per heavy atom. The molecule has 0 spiro atoms. The smallest absolute Gasteiger partial charge is 0.0641 e. The Kier molecular flexibility index (Phi) is 3.61. The fourth-order valence-electron chi connectivity index (χ4n) is 2.36. The van der Waals surface area contributed by atoms with Gasteiger partial charge in [0.1, 0.15) is 0 Å². The maximum Gasteiger partial charge on any atom is 0.0641 e. The fraction of sp³-hybridized carbons (Fsp3) is 0.750. The topological polar surface area (TPSA) is 33.1 Å². The van der Waals surface area contributed by atoms with E-state index in [0.29, 0.717) is 0 Å². The average molecular weight is 222 g/mol. The van der Waals surface area contributed by atoms with Crippen LogP contribution in [0.25, 0.3) is 0 Å². The summed E-state index contributed by atoms with van der Waals surface area (Å²) >= 11 is 0. The van der Waals surface area contributed by atoms with Crippen LogP contribution in [0.2, 0.25) is 0 Å². The molecule has 0 unspecified atom stereocenters. The van der Waals surface area contributed by atoms with Crippen molar-refractivity contribution in [3.63, 3.8) is 0 Å². The summed E-state index contributed by atoms with van der Waals surface area (Å²) in [6, 6.07) is 0. The fourth-order valence-corrected chi connectivity index (χ4v) is 2.36. The normalized spacial score (nSPS) is 17.9. The molecule has 1 aromatic heterocycles. The number of hydrogen-bond donors (Lipinski definition) is 1. The predicted octanol–water partition coefficient (Wildman–Crippen LogP) is 0.925. The lowest BCUT2D eigenvalue weighted by Gasteiger charge is -2.27. The number of nitrogens with one attached hydrogen (secondary N) is 1.